The highest BCUT2D eigenvalue weighted by Gasteiger charge is 2.38. The van der Waals surface area contributed by atoms with E-state index in [1.807, 2.05) is 27.7 Å². The highest BCUT2D eigenvalue weighted by atomic mass is 16.5. The van der Waals surface area contributed by atoms with Gasteiger partial charge in [-0.15, -0.1) is 0 Å². The number of morpholine rings is 1. The third kappa shape index (κ3) is 3.42. The van der Waals surface area contributed by atoms with Crippen molar-refractivity contribution in [3.63, 3.8) is 0 Å². The average Bonchev–Trinajstić information content (AvgIpc) is 2.39. The third-order valence-corrected chi connectivity index (χ3v) is 4.28. The molecule has 20 heavy (non-hydrogen) atoms. The van der Waals surface area contributed by atoms with Crippen LogP contribution in [0.3, 0.4) is 0 Å². The molecule has 6 heteroatoms. The van der Waals surface area contributed by atoms with Gasteiger partial charge >= 0.3 is 12.0 Å². The van der Waals surface area contributed by atoms with E-state index in [2.05, 4.69) is 5.32 Å². The van der Waals surface area contributed by atoms with E-state index in [-0.39, 0.29) is 18.1 Å². The van der Waals surface area contributed by atoms with Gasteiger partial charge in [-0.2, -0.15) is 0 Å². The first-order valence-electron chi connectivity index (χ1n) is 7.15. The fourth-order valence-electron chi connectivity index (χ4n) is 2.45. The number of rotatable bonds is 5. The number of urea groups is 1. The van der Waals surface area contributed by atoms with E-state index in [4.69, 9.17) is 4.74 Å². The summed E-state index contributed by atoms with van der Waals surface area (Å²) >= 11 is 0. The van der Waals surface area contributed by atoms with Gasteiger partial charge in [0.25, 0.3) is 0 Å². The zero-order valence-corrected chi connectivity index (χ0v) is 12.9. The zero-order chi connectivity index (χ0) is 15.4. The van der Waals surface area contributed by atoms with Crippen molar-refractivity contribution >= 4 is 12.0 Å². The first-order valence-corrected chi connectivity index (χ1v) is 7.15. The van der Waals surface area contributed by atoms with Crippen molar-refractivity contribution in [2.24, 2.45) is 5.41 Å². The maximum Gasteiger partial charge on any atom is 0.318 e. The lowest BCUT2D eigenvalue weighted by Gasteiger charge is -2.42. The maximum absolute atomic E-state index is 12.3. The minimum atomic E-state index is -0.883. The van der Waals surface area contributed by atoms with Gasteiger partial charge in [0.05, 0.1) is 24.2 Å². The molecule has 116 valence electrons. The number of carboxylic acid groups (broad SMARTS) is 1. The van der Waals surface area contributed by atoms with Crippen LogP contribution < -0.4 is 5.32 Å². The van der Waals surface area contributed by atoms with Gasteiger partial charge in [-0.1, -0.05) is 13.8 Å². The van der Waals surface area contributed by atoms with E-state index in [1.54, 1.807) is 4.90 Å². The number of nitrogens with one attached hydrogen (secondary N) is 1. The molecule has 1 aliphatic rings. The average molecular weight is 286 g/mol. The summed E-state index contributed by atoms with van der Waals surface area (Å²) in [4.78, 5) is 25.4. The SMILES string of the molecule is CCC(CC)(CNC(=O)N1CCOCC1(C)C)C(=O)O. The number of carbonyl (C=O) groups excluding carboxylic acids is 1. The molecular weight excluding hydrogens is 260 g/mol. The van der Waals surface area contributed by atoms with Crippen LogP contribution in [0.1, 0.15) is 40.5 Å². The fraction of sp³-hybridized carbons (Fsp3) is 0.857. The Morgan fingerprint density at radius 3 is 2.40 bits per heavy atom. The molecular formula is C14H26N2O4. The normalized spacial score (nSPS) is 18.7. The summed E-state index contributed by atoms with van der Waals surface area (Å²) in [7, 11) is 0. The highest BCUT2D eigenvalue weighted by molar-refractivity contribution is 5.78. The van der Waals surface area contributed by atoms with Crippen molar-refractivity contribution in [2.75, 3.05) is 26.3 Å². The molecule has 0 saturated carbocycles. The van der Waals surface area contributed by atoms with Crippen molar-refractivity contribution in [3.8, 4) is 0 Å². The number of carbonyl (C=O) groups is 2. The molecule has 1 saturated heterocycles. The Labute approximate surface area is 120 Å². The van der Waals surface area contributed by atoms with Gasteiger partial charge in [0.1, 0.15) is 0 Å². The number of ether oxygens (including phenoxy) is 1. The van der Waals surface area contributed by atoms with Gasteiger partial charge in [-0.05, 0) is 26.7 Å². The quantitative estimate of drug-likeness (QED) is 0.806. The number of nitrogens with zero attached hydrogens (tertiary/aromatic N) is 1. The smallest absolute Gasteiger partial charge is 0.318 e. The lowest BCUT2D eigenvalue weighted by Crippen LogP contribution is -2.59. The van der Waals surface area contributed by atoms with Crippen LogP contribution in [0.4, 0.5) is 4.79 Å². The van der Waals surface area contributed by atoms with E-state index in [0.29, 0.717) is 32.6 Å². The highest BCUT2D eigenvalue weighted by Crippen LogP contribution is 2.26. The minimum Gasteiger partial charge on any atom is -0.481 e. The monoisotopic (exact) mass is 286 g/mol. The number of hydrogen-bond donors (Lipinski definition) is 2. The summed E-state index contributed by atoms with van der Waals surface area (Å²) in [5.74, 6) is -0.857. The molecule has 0 aromatic carbocycles. The van der Waals surface area contributed by atoms with Crippen molar-refractivity contribution in [3.05, 3.63) is 0 Å². The minimum absolute atomic E-state index is 0.154. The Morgan fingerprint density at radius 2 is 1.95 bits per heavy atom. The topological polar surface area (TPSA) is 78.9 Å². The molecule has 0 spiro atoms. The molecule has 0 atom stereocenters. The van der Waals surface area contributed by atoms with Crippen molar-refractivity contribution in [1.29, 1.82) is 0 Å². The molecule has 1 heterocycles. The van der Waals surface area contributed by atoms with Crippen molar-refractivity contribution in [2.45, 2.75) is 46.1 Å². The number of aliphatic carboxylic acids is 1. The summed E-state index contributed by atoms with van der Waals surface area (Å²) < 4.78 is 5.38. The van der Waals surface area contributed by atoms with E-state index in [0.717, 1.165) is 0 Å². The molecule has 2 amide bonds. The Morgan fingerprint density at radius 1 is 1.35 bits per heavy atom. The second kappa shape index (κ2) is 6.43. The van der Waals surface area contributed by atoms with Gasteiger partial charge in [-0.3, -0.25) is 4.79 Å². The van der Waals surface area contributed by atoms with Gasteiger partial charge in [0.2, 0.25) is 0 Å². The predicted molar refractivity (Wildman–Crippen MR) is 75.7 cm³/mol. The van der Waals surface area contributed by atoms with Crippen LogP contribution >= 0.6 is 0 Å². The zero-order valence-electron chi connectivity index (χ0n) is 12.9. The van der Waals surface area contributed by atoms with Crippen LogP contribution in [0.2, 0.25) is 0 Å². The molecule has 2 N–H and O–H groups in total. The summed E-state index contributed by atoms with van der Waals surface area (Å²) in [6.07, 6.45) is 0.983. The lowest BCUT2D eigenvalue weighted by molar-refractivity contribution is -0.149. The first kappa shape index (κ1) is 16.8. The number of amides is 2. The Balaban J connectivity index is 2.68. The van der Waals surface area contributed by atoms with E-state index in [9.17, 15) is 14.7 Å². The largest absolute Gasteiger partial charge is 0.481 e. The molecule has 0 aliphatic carbocycles. The van der Waals surface area contributed by atoms with Crippen molar-refractivity contribution < 1.29 is 19.4 Å². The molecule has 6 nitrogen and oxygen atoms in total. The van der Waals surface area contributed by atoms with Gasteiger partial charge in [0, 0.05) is 13.1 Å². The second-order valence-corrected chi connectivity index (χ2v) is 5.97. The summed E-state index contributed by atoms with van der Waals surface area (Å²) in [6, 6.07) is -0.217. The second-order valence-electron chi connectivity index (χ2n) is 5.97. The third-order valence-electron chi connectivity index (χ3n) is 4.28. The maximum atomic E-state index is 12.3. The van der Waals surface area contributed by atoms with Crippen LogP contribution in [0, 0.1) is 5.41 Å². The molecule has 1 aliphatic heterocycles. The van der Waals surface area contributed by atoms with Gasteiger partial charge in [-0.25, -0.2) is 4.79 Å². The number of carboxylic acids is 1. The van der Waals surface area contributed by atoms with E-state index >= 15 is 0 Å². The molecule has 0 bridgehead atoms. The standard InChI is InChI=1S/C14H26N2O4/c1-5-14(6-2,11(17)18)9-15-12(19)16-7-8-20-10-13(16,3)4/h5-10H2,1-4H3,(H,15,19)(H,17,18). The molecule has 0 aromatic heterocycles. The number of hydrogen-bond acceptors (Lipinski definition) is 3. The van der Waals surface area contributed by atoms with E-state index in [1.165, 1.54) is 0 Å². The molecule has 0 aromatic rings. The summed E-state index contributed by atoms with van der Waals surface area (Å²) in [6.45, 7) is 9.24. The van der Waals surface area contributed by atoms with Crippen LogP contribution in [-0.2, 0) is 9.53 Å². The molecule has 0 radical (unpaired) electrons. The predicted octanol–water partition coefficient (Wildman–Crippen LogP) is 1.70. The summed E-state index contributed by atoms with van der Waals surface area (Å²) in [5.41, 5.74) is -1.25. The molecule has 1 rings (SSSR count). The van der Waals surface area contributed by atoms with Crippen LogP contribution in [0.15, 0.2) is 0 Å². The Bertz CT molecular complexity index is 364. The Kier molecular flexibility index (Phi) is 5.39. The first-order chi connectivity index (χ1) is 9.29. The van der Waals surface area contributed by atoms with Crippen LogP contribution in [-0.4, -0.2) is 53.8 Å². The van der Waals surface area contributed by atoms with Crippen LogP contribution in [0.5, 0.6) is 0 Å². The molecule has 1 fully saturated rings. The summed E-state index contributed by atoms with van der Waals surface area (Å²) in [5, 5.41) is 12.1. The van der Waals surface area contributed by atoms with E-state index < -0.39 is 11.4 Å². The van der Waals surface area contributed by atoms with Gasteiger partial charge in [0.15, 0.2) is 0 Å². The van der Waals surface area contributed by atoms with Crippen LogP contribution in [0.25, 0.3) is 0 Å². The molecule has 0 unspecified atom stereocenters. The van der Waals surface area contributed by atoms with Crippen molar-refractivity contribution in [1.82, 2.24) is 10.2 Å². The Hall–Kier alpha value is -1.30. The lowest BCUT2D eigenvalue weighted by atomic mass is 9.82. The van der Waals surface area contributed by atoms with Gasteiger partial charge < -0.3 is 20.1 Å². The fourth-order valence-corrected chi connectivity index (χ4v) is 2.45.